The topological polar surface area (TPSA) is 17.0 Å². The van der Waals surface area contributed by atoms with Crippen molar-refractivity contribution >= 4 is 0 Å². The third-order valence-corrected chi connectivity index (χ3v) is 2.73. The van der Waals surface area contributed by atoms with Crippen LogP contribution in [0.2, 0.25) is 0 Å². The minimum atomic E-state index is 0.193. The fourth-order valence-electron chi connectivity index (χ4n) is 1.72. The second kappa shape index (κ2) is 6.09. The van der Waals surface area contributed by atoms with E-state index in [1.807, 2.05) is 0 Å². The molecule has 0 radical (unpaired) electrons. The maximum absolute atomic E-state index is 3.53. The SMILES string of the molecule is CCCCCn1cccc1CNC(C)(C)C. The smallest absolute Gasteiger partial charge is 0.0363 e. The van der Waals surface area contributed by atoms with Crippen LogP contribution in [0.5, 0.6) is 0 Å². The zero-order valence-corrected chi connectivity index (χ0v) is 11.2. The molecule has 0 unspecified atom stereocenters. The molecule has 0 aliphatic heterocycles. The molecule has 0 aromatic carbocycles. The number of nitrogens with zero attached hydrogens (tertiary/aromatic N) is 1. The van der Waals surface area contributed by atoms with E-state index in [1.165, 1.54) is 25.0 Å². The fourth-order valence-corrected chi connectivity index (χ4v) is 1.72. The number of hydrogen-bond acceptors (Lipinski definition) is 1. The van der Waals surface area contributed by atoms with Crippen molar-refractivity contribution in [3.63, 3.8) is 0 Å². The average Bonchev–Trinajstić information content (AvgIpc) is 2.62. The molecule has 92 valence electrons. The summed E-state index contributed by atoms with van der Waals surface area (Å²) in [5.41, 5.74) is 1.59. The largest absolute Gasteiger partial charge is 0.350 e. The van der Waals surface area contributed by atoms with E-state index in [0.717, 1.165) is 13.1 Å². The lowest BCUT2D eigenvalue weighted by Crippen LogP contribution is -2.35. The standard InChI is InChI=1S/C14H26N2/c1-5-6-7-10-16-11-8-9-13(16)12-15-14(2,3)4/h8-9,11,15H,5-7,10,12H2,1-4H3. The second-order valence-electron chi connectivity index (χ2n) is 5.50. The highest BCUT2D eigenvalue weighted by atomic mass is 15.0. The van der Waals surface area contributed by atoms with Gasteiger partial charge in [-0.25, -0.2) is 0 Å². The molecule has 0 bridgehead atoms. The van der Waals surface area contributed by atoms with Crippen molar-refractivity contribution in [3.8, 4) is 0 Å². The van der Waals surface area contributed by atoms with Gasteiger partial charge in [0.25, 0.3) is 0 Å². The van der Waals surface area contributed by atoms with E-state index in [0.29, 0.717) is 0 Å². The van der Waals surface area contributed by atoms with Crippen LogP contribution in [0, 0.1) is 0 Å². The van der Waals surface area contributed by atoms with Crippen molar-refractivity contribution in [2.75, 3.05) is 0 Å². The van der Waals surface area contributed by atoms with E-state index >= 15 is 0 Å². The molecule has 0 saturated carbocycles. The van der Waals surface area contributed by atoms with Crippen LogP contribution in [-0.2, 0) is 13.1 Å². The molecule has 0 fully saturated rings. The van der Waals surface area contributed by atoms with Gasteiger partial charge in [0, 0.05) is 30.5 Å². The maximum Gasteiger partial charge on any atom is 0.0363 e. The summed E-state index contributed by atoms with van der Waals surface area (Å²) in [4.78, 5) is 0. The molecule has 16 heavy (non-hydrogen) atoms. The molecule has 1 heterocycles. The summed E-state index contributed by atoms with van der Waals surface area (Å²) >= 11 is 0. The molecule has 1 aromatic heterocycles. The first-order valence-corrected chi connectivity index (χ1v) is 6.42. The van der Waals surface area contributed by atoms with Crippen molar-refractivity contribution in [2.24, 2.45) is 0 Å². The van der Waals surface area contributed by atoms with Gasteiger partial charge in [0.15, 0.2) is 0 Å². The van der Waals surface area contributed by atoms with E-state index in [9.17, 15) is 0 Å². The van der Waals surface area contributed by atoms with Gasteiger partial charge in [-0.2, -0.15) is 0 Å². The molecular weight excluding hydrogens is 196 g/mol. The van der Waals surface area contributed by atoms with Gasteiger partial charge in [-0.15, -0.1) is 0 Å². The quantitative estimate of drug-likeness (QED) is 0.728. The Morgan fingerprint density at radius 1 is 1.25 bits per heavy atom. The predicted octanol–water partition coefficient (Wildman–Crippen LogP) is 3.57. The van der Waals surface area contributed by atoms with Crippen LogP contribution in [0.3, 0.4) is 0 Å². The molecule has 1 N–H and O–H groups in total. The summed E-state index contributed by atoms with van der Waals surface area (Å²) in [6, 6.07) is 4.36. The second-order valence-corrected chi connectivity index (χ2v) is 5.50. The number of hydrogen-bond donors (Lipinski definition) is 1. The average molecular weight is 222 g/mol. The monoisotopic (exact) mass is 222 g/mol. The Hall–Kier alpha value is -0.760. The van der Waals surface area contributed by atoms with E-state index in [4.69, 9.17) is 0 Å². The van der Waals surface area contributed by atoms with Gasteiger partial charge in [0.05, 0.1) is 0 Å². The molecule has 0 aliphatic rings. The Labute approximate surface area is 100 Å². The van der Waals surface area contributed by atoms with Crippen molar-refractivity contribution in [2.45, 2.75) is 65.6 Å². The lowest BCUT2D eigenvalue weighted by Gasteiger charge is -2.21. The van der Waals surface area contributed by atoms with Crippen LogP contribution in [0.15, 0.2) is 18.3 Å². The van der Waals surface area contributed by atoms with Crippen molar-refractivity contribution in [1.29, 1.82) is 0 Å². The Morgan fingerprint density at radius 3 is 2.62 bits per heavy atom. The Morgan fingerprint density at radius 2 is 2.00 bits per heavy atom. The molecule has 0 aliphatic carbocycles. The molecular formula is C14H26N2. The summed E-state index contributed by atoms with van der Waals surface area (Å²) < 4.78 is 2.37. The minimum absolute atomic E-state index is 0.193. The van der Waals surface area contributed by atoms with Crippen LogP contribution in [0.1, 0.15) is 52.7 Å². The Balaban J connectivity index is 2.44. The maximum atomic E-state index is 3.53. The number of rotatable bonds is 6. The van der Waals surface area contributed by atoms with Gasteiger partial charge < -0.3 is 9.88 Å². The van der Waals surface area contributed by atoms with Crippen LogP contribution in [0.4, 0.5) is 0 Å². The van der Waals surface area contributed by atoms with Crippen LogP contribution in [-0.4, -0.2) is 10.1 Å². The van der Waals surface area contributed by atoms with Gasteiger partial charge in [-0.3, -0.25) is 0 Å². The Kier molecular flexibility index (Phi) is 5.07. The number of aryl methyl sites for hydroxylation is 1. The highest BCUT2D eigenvalue weighted by Crippen LogP contribution is 2.08. The van der Waals surface area contributed by atoms with E-state index < -0.39 is 0 Å². The summed E-state index contributed by atoms with van der Waals surface area (Å²) in [5, 5.41) is 3.53. The number of unbranched alkanes of at least 4 members (excludes halogenated alkanes) is 2. The van der Waals surface area contributed by atoms with E-state index in [-0.39, 0.29) is 5.54 Å². The summed E-state index contributed by atoms with van der Waals surface area (Å²) in [6.45, 7) is 11.0. The molecule has 1 rings (SSSR count). The molecule has 1 aromatic rings. The van der Waals surface area contributed by atoms with Crippen molar-refractivity contribution < 1.29 is 0 Å². The lowest BCUT2D eigenvalue weighted by molar-refractivity contribution is 0.414. The number of aromatic nitrogens is 1. The Bertz CT molecular complexity index is 294. The van der Waals surface area contributed by atoms with Gasteiger partial charge >= 0.3 is 0 Å². The normalized spacial score (nSPS) is 12.0. The first kappa shape index (κ1) is 13.3. The first-order valence-electron chi connectivity index (χ1n) is 6.42. The van der Waals surface area contributed by atoms with Crippen LogP contribution < -0.4 is 5.32 Å². The third-order valence-electron chi connectivity index (χ3n) is 2.73. The molecule has 2 heteroatoms. The van der Waals surface area contributed by atoms with Crippen molar-refractivity contribution in [3.05, 3.63) is 24.0 Å². The first-order chi connectivity index (χ1) is 7.53. The summed E-state index contributed by atoms with van der Waals surface area (Å²) in [7, 11) is 0. The molecule has 0 spiro atoms. The minimum Gasteiger partial charge on any atom is -0.350 e. The third kappa shape index (κ3) is 4.84. The molecule has 2 nitrogen and oxygen atoms in total. The lowest BCUT2D eigenvalue weighted by atomic mass is 10.1. The predicted molar refractivity (Wildman–Crippen MR) is 70.5 cm³/mol. The van der Waals surface area contributed by atoms with Crippen LogP contribution >= 0.6 is 0 Å². The number of nitrogens with one attached hydrogen (secondary N) is 1. The van der Waals surface area contributed by atoms with Gasteiger partial charge in [-0.05, 0) is 39.3 Å². The summed E-state index contributed by atoms with van der Waals surface area (Å²) in [6.07, 6.45) is 6.09. The highest BCUT2D eigenvalue weighted by molar-refractivity contribution is 5.07. The van der Waals surface area contributed by atoms with Gasteiger partial charge in [0.1, 0.15) is 0 Å². The van der Waals surface area contributed by atoms with E-state index in [1.54, 1.807) is 0 Å². The molecule has 0 atom stereocenters. The molecule has 0 saturated heterocycles. The van der Waals surface area contributed by atoms with Gasteiger partial charge in [-0.1, -0.05) is 19.8 Å². The molecule has 0 amide bonds. The zero-order chi connectivity index (χ0) is 12.0. The van der Waals surface area contributed by atoms with E-state index in [2.05, 4.69) is 55.9 Å². The highest BCUT2D eigenvalue weighted by Gasteiger charge is 2.09. The summed E-state index contributed by atoms with van der Waals surface area (Å²) in [5.74, 6) is 0. The van der Waals surface area contributed by atoms with Gasteiger partial charge in [0.2, 0.25) is 0 Å². The van der Waals surface area contributed by atoms with Crippen molar-refractivity contribution in [1.82, 2.24) is 9.88 Å². The fraction of sp³-hybridized carbons (Fsp3) is 0.714. The zero-order valence-electron chi connectivity index (χ0n) is 11.2. The van der Waals surface area contributed by atoms with Crippen LogP contribution in [0.25, 0.3) is 0 Å².